The molecule has 2 fully saturated rings. The first-order chi connectivity index (χ1) is 12.5. The normalized spacial score (nSPS) is 20.7. The molecule has 146 valence electrons. The number of amides is 1. The lowest BCUT2D eigenvalue weighted by Crippen LogP contribution is -2.51. The second kappa shape index (κ2) is 8.67. The zero-order valence-corrected chi connectivity index (χ0v) is 17.2. The van der Waals surface area contributed by atoms with E-state index in [1.165, 1.54) is 17.7 Å². The zero-order valence-electron chi connectivity index (χ0n) is 16.4. The average Bonchev–Trinajstić information content (AvgIpc) is 3.09. The van der Waals surface area contributed by atoms with Crippen LogP contribution in [0.25, 0.3) is 0 Å². The van der Waals surface area contributed by atoms with Crippen LogP contribution in [0.4, 0.5) is 5.13 Å². The van der Waals surface area contributed by atoms with Crippen LogP contribution in [-0.2, 0) is 16.1 Å². The second-order valence-corrected chi connectivity index (χ2v) is 9.04. The SMILES string of the molecule is COCCCN1CC2(CCC1=O)CCN(Cc1cnc(N(C)C)s1)CC2. The molecule has 0 N–H and O–H groups in total. The molecule has 0 atom stereocenters. The summed E-state index contributed by atoms with van der Waals surface area (Å²) in [6.45, 7) is 5.75. The summed E-state index contributed by atoms with van der Waals surface area (Å²) in [5.74, 6) is 0.329. The average molecular weight is 381 g/mol. The molecule has 0 saturated carbocycles. The minimum Gasteiger partial charge on any atom is -0.385 e. The highest BCUT2D eigenvalue weighted by molar-refractivity contribution is 7.15. The topological polar surface area (TPSA) is 48.9 Å². The predicted octanol–water partition coefficient (Wildman–Crippen LogP) is 2.45. The molecule has 1 amide bonds. The van der Waals surface area contributed by atoms with Gasteiger partial charge in [0.05, 0.1) is 0 Å². The quantitative estimate of drug-likeness (QED) is 0.680. The number of aromatic nitrogens is 1. The van der Waals surface area contributed by atoms with E-state index in [4.69, 9.17) is 4.74 Å². The van der Waals surface area contributed by atoms with Crippen molar-refractivity contribution in [1.29, 1.82) is 0 Å². The summed E-state index contributed by atoms with van der Waals surface area (Å²) < 4.78 is 5.14. The largest absolute Gasteiger partial charge is 0.385 e. The van der Waals surface area contributed by atoms with Gasteiger partial charge in [0.15, 0.2) is 5.13 Å². The Morgan fingerprint density at radius 1 is 1.31 bits per heavy atom. The van der Waals surface area contributed by atoms with Gasteiger partial charge in [0.25, 0.3) is 0 Å². The Hall–Kier alpha value is -1.18. The van der Waals surface area contributed by atoms with Gasteiger partial charge in [-0.25, -0.2) is 4.98 Å². The summed E-state index contributed by atoms with van der Waals surface area (Å²) in [5, 5.41) is 1.07. The number of methoxy groups -OCH3 is 1. The Balaban J connectivity index is 1.50. The molecule has 1 aromatic heterocycles. The number of hydrogen-bond donors (Lipinski definition) is 0. The fourth-order valence-corrected chi connectivity index (χ4v) is 4.97. The van der Waals surface area contributed by atoms with E-state index in [1.54, 1.807) is 18.4 Å². The molecule has 1 aromatic rings. The molecule has 2 aliphatic rings. The van der Waals surface area contributed by atoms with E-state index in [9.17, 15) is 4.79 Å². The van der Waals surface area contributed by atoms with Crippen molar-refractivity contribution in [2.24, 2.45) is 5.41 Å². The molecule has 2 aliphatic heterocycles. The van der Waals surface area contributed by atoms with Crippen molar-refractivity contribution < 1.29 is 9.53 Å². The summed E-state index contributed by atoms with van der Waals surface area (Å²) in [7, 11) is 5.80. The van der Waals surface area contributed by atoms with Gasteiger partial charge in [0.1, 0.15) is 0 Å². The molecule has 0 aromatic carbocycles. The van der Waals surface area contributed by atoms with E-state index in [0.717, 1.165) is 57.3 Å². The third kappa shape index (κ3) is 4.75. The molecule has 2 saturated heterocycles. The van der Waals surface area contributed by atoms with Crippen molar-refractivity contribution in [1.82, 2.24) is 14.8 Å². The molecule has 1 spiro atoms. The zero-order chi connectivity index (χ0) is 18.6. The van der Waals surface area contributed by atoms with Crippen molar-refractivity contribution in [3.05, 3.63) is 11.1 Å². The lowest BCUT2D eigenvalue weighted by atomic mass is 9.72. The minimum atomic E-state index is 0.329. The highest BCUT2D eigenvalue weighted by Gasteiger charge is 2.40. The lowest BCUT2D eigenvalue weighted by molar-refractivity contribution is -0.139. The van der Waals surface area contributed by atoms with Gasteiger partial charge in [-0.1, -0.05) is 0 Å². The molecule has 0 unspecified atom stereocenters. The maximum atomic E-state index is 12.2. The highest BCUT2D eigenvalue weighted by atomic mass is 32.1. The Morgan fingerprint density at radius 3 is 2.73 bits per heavy atom. The Bertz CT molecular complexity index is 596. The Kier molecular flexibility index (Phi) is 6.53. The van der Waals surface area contributed by atoms with E-state index in [1.807, 2.05) is 20.3 Å². The maximum absolute atomic E-state index is 12.2. The molecule has 26 heavy (non-hydrogen) atoms. The molecule has 0 bridgehead atoms. The van der Waals surface area contributed by atoms with E-state index in [0.29, 0.717) is 17.7 Å². The van der Waals surface area contributed by atoms with Crippen molar-refractivity contribution in [2.45, 2.75) is 38.6 Å². The van der Waals surface area contributed by atoms with Crippen LogP contribution in [0.3, 0.4) is 0 Å². The summed E-state index contributed by atoms with van der Waals surface area (Å²) in [5.41, 5.74) is 0.333. The van der Waals surface area contributed by atoms with Crippen LogP contribution >= 0.6 is 11.3 Å². The van der Waals surface area contributed by atoms with Gasteiger partial charge < -0.3 is 14.5 Å². The number of thiazole rings is 1. The number of rotatable bonds is 7. The second-order valence-electron chi connectivity index (χ2n) is 7.94. The van der Waals surface area contributed by atoms with Crippen LogP contribution in [0.5, 0.6) is 0 Å². The predicted molar refractivity (Wildman–Crippen MR) is 106 cm³/mol. The van der Waals surface area contributed by atoms with Crippen molar-refractivity contribution in [3.8, 4) is 0 Å². The number of carbonyl (C=O) groups is 1. The number of anilines is 1. The Labute approximate surface area is 161 Å². The van der Waals surface area contributed by atoms with E-state index < -0.39 is 0 Å². The molecule has 0 aliphatic carbocycles. The first kappa shape index (κ1) is 19.6. The molecule has 7 heteroatoms. The van der Waals surface area contributed by atoms with Crippen LogP contribution < -0.4 is 4.90 Å². The van der Waals surface area contributed by atoms with Crippen LogP contribution in [0.15, 0.2) is 6.20 Å². The van der Waals surface area contributed by atoms with E-state index >= 15 is 0 Å². The fourth-order valence-electron chi connectivity index (χ4n) is 4.10. The minimum absolute atomic E-state index is 0.329. The lowest BCUT2D eigenvalue weighted by Gasteiger charge is -2.47. The van der Waals surface area contributed by atoms with Crippen LogP contribution in [0.1, 0.15) is 37.0 Å². The van der Waals surface area contributed by atoms with Gasteiger partial charge in [-0.2, -0.15) is 0 Å². The number of piperidine rings is 2. The van der Waals surface area contributed by atoms with Gasteiger partial charge in [-0.05, 0) is 44.2 Å². The third-order valence-electron chi connectivity index (χ3n) is 5.74. The van der Waals surface area contributed by atoms with Gasteiger partial charge in [0, 0.05) is 64.9 Å². The smallest absolute Gasteiger partial charge is 0.222 e. The summed E-state index contributed by atoms with van der Waals surface area (Å²) in [6, 6.07) is 0. The number of likely N-dealkylation sites (tertiary alicyclic amines) is 2. The number of hydrogen-bond acceptors (Lipinski definition) is 6. The third-order valence-corrected chi connectivity index (χ3v) is 6.89. The van der Waals surface area contributed by atoms with Gasteiger partial charge in [-0.15, -0.1) is 11.3 Å². The number of carbonyl (C=O) groups excluding carboxylic acids is 1. The summed E-state index contributed by atoms with van der Waals surface area (Å²) in [6.07, 6.45) is 7.12. The van der Waals surface area contributed by atoms with Crippen LogP contribution in [0.2, 0.25) is 0 Å². The van der Waals surface area contributed by atoms with Crippen molar-refractivity contribution in [3.63, 3.8) is 0 Å². The number of ether oxygens (including phenoxy) is 1. The van der Waals surface area contributed by atoms with Gasteiger partial charge in [-0.3, -0.25) is 9.69 Å². The maximum Gasteiger partial charge on any atom is 0.222 e. The highest BCUT2D eigenvalue weighted by Crippen LogP contribution is 2.40. The van der Waals surface area contributed by atoms with Crippen LogP contribution in [-0.4, -0.2) is 74.7 Å². The Morgan fingerprint density at radius 2 is 2.08 bits per heavy atom. The van der Waals surface area contributed by atoms with Crippen LogP contribution in [0, 0.1) is 5.41 Å². The molecule has 6 nitrogen and oxygen atoms in total. The van der Waals surface area contributed by atoms with Gasteiger partial charge in [0.2, 0.25) is 5.91 Å². The van der Waals surface area contributed by atoms with Crippen molar-refractivity contribution in [2.75, 3.05) is 58.9 Å². The fraction of sp³-hybridized carbons (Fsp3) is 0.789. The summed E-state index contributed by atoms with van der Waals surface area (Å²) in [4.78, 5) is 24.8. The van der Waals surface area contributed by atoms with E-state index in [2.05, 4.69) is 19.7 Å². The summed E-state index contributed by atoms with van der Waals surface area (Å²) >= 11 is 1.78. The molecular weight excluding hydrogens is 348 g/mol. The monoisotopic (exact) mass is 380 g/mol. The van der Waals surface area contributed by atoms with E-state index in [-0.39, 0.29) is 0 Å². The molecule has 0 radical (unpaired) electrons. The first-order valence-electron chi connectivity index (χ1n) is 9.62. The molecule has 3 heterocycles. The first-order valence-corrected chi connectivity index (χ1v) is 10.4. The molecular formula is C19H32N4O2S. The molecule has 3 rings (SSSR count). The number of nitrogens with zero attached hydrogens (tertiary/aromatic N) is 4. The van der Waals surface area contributed by atoms with Gasteiger partial charge >= 0.3 is 0 Å². The van der Waals surface area contributed by atoms with Crippen molar-refractivity contribution >= 4 is 22.4 Å². The standard InChI is InChI=1S/C19H32N4O2S/c1-21(2)18-20-13-16(26-18)14-22-10-7-19(8-11-22)6-5-17(24)23(15-19)9-4-12-25-3/h13H,4-12,14-15H2,1-3H3.